The first kappa shape index (κ1) is 12.8. The van der Waals surface area contributed by atoms with Crippen LogP contribution in [0, 0.1) is 0 Å². The van der Waals surface area contributed by atoms with Gasteiger partial charge in [-0.25, -0.2) is 0 Å². The van der Waals surface area contributed by atoms with E-state index in [1.54, 1.807) is 0 Å². The lowest BCUT2D eigenvalue weighted by molar-refractivity contribution is -0.133. The van der Waals surface area contributed by atoms with Crippen LogP contribution in [0.5, 0.6) is 0 Å². The molecule has 17 heavy (non-hydrogen) atoms. The zero-order valence-corrected chi connectivity index (χ0v) is 11.0. The van der Waals surface area contributed by atoms with Crippen molar-refractivity contribution >= 4 is 5.91 Å². The molecule has 1 saturated carbocycles. The molecule has 0 bridgehead atoms. The lowest BCUT2D eigenvalue weighted by Crippen LogP contribution is -2.50. The van der Waals surface area contributed by atoms with Gasteiger partial charge in [-0.1, -0.05) is 19.3 Å². The highest BCUT2D eigenvalue weighted by Gasteiger charge is 2.22. The lowest BCUT2D eigenvalue weighted by atomic mass is 9.94. The van der Waals surface area contributed by atoms with Crippen LogP contribution in [-0.2, 0) is 4.79 Å². The molecular formula is C13H25N3O. The predicted molar refractivity (Wildman–Crippen MR) is 69.0 cm³/mol. The number of nitrogens with one attached hydrogen (secondary N) is 1. The van der Waals surface area contributed by atoms with Gasteiger partial charge in [-0.3, -0.25) is 9.69 Å². The normalized spacial score (nSPS) is 23.1. The van der Waals surface area contributed by atoms with Crippen molar-refractivity contribution in [2.24, 2.45) is 0 Å². The summed E-state index contributed by atoms with van der Waals surface area (Å²) >= 11 is 0. The Morgan fingerprint density at radius 3 is 2.53 bits per heavy atom. The number of hydrogen-bond acceptors (Lipinski definition) is 3. The molecule has 4 heteroatoms. The minimum absolute atomic E-state index is 0.305. The number of likely N-dealkylation sites (N-methyl/N-ethyl adjacent to an activating group) is 1. The minimum atomic E-state index is 0.305. The topological polar surface area (TPSA) is 35.6 Å². The van der Waals surface area contributed by atoms with Crippen LogP contribution in [0.3, 0.4) is 0 Å². The SMILES string of the molecule is CN(CC(=O)N1CCNCC1)C1CCCCC1. The molecule has 1 aliphatic carbocycles. The average molecular weight is 239 g/mol. The summed E-state index contributed by atoms with van der Waals surface area (Å²) in [7, 11) is 2.11. The van der Waals surface area contributed by atoms with E-state index in [1.807, 2.05) is 4.90 Å². The van der Waals surface area contributed by atoms with Crippen molar-refractivity contribution < 1.29 is 4.79 Å². The summed E-state index contributed by atoms with van der Waals surface area (Å²) in [6.07, 6.45) is 6.57. The first-order valence-electron chi connectivity index (χ1n) is 6.96. The van der Waals surface area contributed by atoms with Crippen LogP contribution in [0.1, 0.15) is 32.1 Å². The van der Waals surface area contributed by atoms with E-state index >= 15 is 0 Å². The van der Waals surface area contributed by atoms with Gasteiger partial charge in [-0.05, 0) is 19.9 Å². The van der Waals surface area contributed by atoms with Crippen LogP contribution in [0.2, 0.25) is 0 Å². The van der Waals surface area contributed by atoms with Crippen LogP contribution < -0.4 is 5.32 Å². The molecule has 2 aliphatic rings. The molecule has 1 heterocycles. The smallest absolute Gasteiger partial charge is 0.236 e. The van der Waals surface area contributed by atoms with Crippen molar-refractivity contribution in [3.05, 3.63) is 0 Å². The molecule has 1 saturated heterocycles. The van der Waals surface area contributed by atoms with E-state index in [1.165, 1.54) is 32.1 Å². The van der Waals surface area contributed by atoms with Gasteiger partial charge in [0.25, 0.3) is 0 Å². The van der Waals surface area contributed by atoms with E-state index < -0.39 is 0 Å². The third-order valence-corrected chi connectivity index (χ3v) is 4.05. The fraction of sp³-hybridized carbons (Fsp3) is 0.923. The summed E-state index contributed by atoms with van der Waals surface area (Å²) in [6, 6.07) is 0.635. The fourth-order valence-electron chi connectivity index (χ4n) is 2.88. The van der Waals surface area contributed by atoms with Crippen molar-refractivity contribution in [2.45, 2.75) is 38.1 Å². The van der Waals surface area contributed by atoms with Gasteiger partial charge in [-0.15, -0.1) is 0 Å². The highest BCUT2D eigenvalue weighted by molar-refractivity contribution is 5.78. The second-order valence-electron chi connectivity index (χ2n) is 5.34. The molecule has 1 amide bonds. The van der Waals surface area contributed by atoms with Crippen LogP contribution in [0.15, 0.2) is 0 Å². The molecule has 0 spiro atoms. The van der Waals surface area contributed by atoms with E-state index in [-0.39, 0.29) is 0 Å². The molecule has 0 radical (unpaired) electrons. The van der Waals surface area contributed by atoms with Crippen LogP contribution in [0.25, 0.3) is 0 Å². The third-order valence-electron chi connectivity index (χ3n) is 4.05. The second kappa shape index (κ2) is 6.36. The quantitative estimate of drug-likeness (QED) is 0.787. The van der Waals surface area contributed by atoms with E-state index in [0.29, 0.717) is 18.5 Å². The van der Waals surface area contributed by atoms with Gasteiger partial charge in [0.2, 0.25) is 5.91 Å². The summed E-state index contributed by atoms with van der Waals surface area (Å²) in [4.78, 5) is 16.4. The van der Waals surface area contributed by atoms with E-state index in [2.05, 4.69) is 17.3 Å². The second-order valence-corrected chi connectivity index (χ2v) is 5.34. The Balaban J connectivity index is 1.76. The van der Waals surface area contributed by atoms with E-state index in [4.69, 9.17) is 0 Å². The maximum Gasteiger partial charge on any atom is 0.236 e. The minimum Gasteiger partial charge on any atom is -0.339 e. The molecule has 0 aromatic carbocycles. The number of rotatable bonds is 3. The highest BCUT2D eigenvalue weighted by Crippen LogP contribution is 2.21. The maximum absolute atomic E-state index is 12.1. The molecule has 2 fully saturated rings. The first-order chi connectivity index (χ1) is 8.27. The van der Waals surface area contributed by atoms with Crippen LogP contribution in [0.4, 0.5) is 0 Å². The highest BCUT2D eigenvalue weighted by atomic mass is 16.2. The summed E-state index contributed by atoms with van der Waals surface area (Å²) < 4.78 is 0. The Labute approximate surface area is 104 Å². The number of carbonyl (C=O) groups excluding carboxylic acids is 1. The third kappa shape index (κ3) is 3.68. The first-order valence-corrected chi connectivity index (χ1v) is 6.96. The molecule has 1 N–H and O–H groups in total. The Bertz CT molecular complexity index is 245. The van der Waals surface area contributed by atoms with Crippen LogP contribution in [-0.4, -0.2) is 61.5 Å². The monoisotopic (exact) mass is 239 g/mol. The molecule has 0 unspecified atom stereocenters. The largest absolute Gasteiger partial charge is 0.339 e. The average Bonchev–Trinajstić information content (AvgIpc) is 2.40. The summed E-state index contributed by atoms with van der Waals surface area (Å²) in [6.45, 7) is 4.23. The van der Waals surface area contributed by atoms with E-state index in [9.17, 15) is 4.79 Å². The zero-order valence-electron chi connectivity index (χ0n) is 11.0. The Morgan fingerprint density at radius 1 is 1.24 bits per heavy atom. The summed E-state index contributed by atoms with van der Waals surface area (Å²) in [5.41, 5.74) is 0. The number of carbonyl (C=O) groups is 1. The van der Waals surface area contributed by atoms with Gasteiger partial charge in [0.05, 0.1) is 6.54 Å². The van der Waals surface area contributed by atoms with Crippen molar-refractivity contribution in [2.75, 3.05) is 39.8 Å². The van der Waals surface area contributed by atoms with Gasteiger partial charge < -0.3 is 10.2 Å². The predicted octanol–water partition coefficient (Wildman–Crippen LogP) is 0.683. The van der Waals surface area contributed by atoms with Gasteiger partial charge in [-0.2, -0.15) is 0 Å². The number of amides is 1. The molecule has 2 rings (SSSR count). The zero-order chi connectivity index (χ0) is 12.1. The molecular weight excluding hydrogens is 214 g/mol. The molecule has 98 valence electrons. The van der Waals surface area contributed by atoms with Crippen molar-refractivity contribution in [1.82, 2.24) is 15.1 Å². The maximum atomic E-state index is 12.1. The van der Waals surface area contributed by atoms with Crippen molar-refractivity contribution in [3.63, 3.8) is 0 Å². The number of piperazine rings is 1. The van der Waals surface area contributed by atoms with Gasteiger partial charge >= 0.3 is 0 Å². The van der Waals surface area contributed by atoms with Crippen molar-refractivity contribution in [1.29, 1.82) is 0 Å². The Morgan fingerprint density at radius 2 is 1.88 bits per heavy atom. The molecule has 1 aliphatic heterocycles. The number of hydrogen-bond donors (Lipinski definition) is 1. The molecule has 0 aromatic heterocycles. The summed E-state index contributed by atoms with van der Waals surface area (Å²) in [5.74, 6) is 0.305. The Hall–Kier alpha value is -0.610. The molecule has 0 aromatic rings. The van der Waals surface area contributed by atoms with Gasteiger partial charge in [0, 0.05) is 32.2 Å². The van der Waals surface area contributed by atoms with Gasteiger partial charge in [0.1, 0.15) is 0 Å². The fourth-order valence-corrected chi connectivity index (χ4v) is 2.88. The number of nitrogens with zero attached hydrogens (tertiary/aromatic N) is 2. The van der Waals surface area contributed by atoms with Gasteiger partial charge in [0.15, 0.2) is 0 Å². The van der Waals surface area contributed by atoms with Crippen LogP contribution >= 0.6 is 0 Å². The Kier molecular flexibility index (Phi) is 4.80. The molecule has 4 nitrogen and oxygen atoms in total. The molecule has 0 atom stereocenters. The standard InChI is InChI=1S/C13H25N3O/c1-15(12-5-3-2-4-6-12)11-13(17)16-9-7-14-8-10-16/h12,14H,2-11H2,1H3. The summed E-state index contributed by atoms with van der Waals surface area (Å²) in [5, 5.41) is 3.28. The van der Waals surface area contributed by atoms with Crippen molar-refractivity contribution in [3.8, 4) is 0 Å². The lowest BCUT2D eigenvalue weighted by Gasteiger charge is -2.33. The van der Waals surface area contributed by atoms with E-state index in [0.717, 1.165) is 26.2 Å².